The predicted molar refractivity (Wildman–Crippen MR) is 73.1 cm³/mol. The fourth-order valence-corrected chi connectivity index (χ4v) is 2.69. The minimum absolute atomic E-state index is 0.114. The molecule has 0 aliphatic heterocycles. The molecule has 8 nitrogen and oxygen atoms in total. The van der Waals surface area contributed by atoms with E-state index >= 15 is 0 Å². The van der Waals surface area contributed by atoms with E-state index in [-0.39, 0.29) is 18.3 Å². The lowest BCUT2D eigenvalue weighted by atomic mass is 10.3. The first-order valence-corrected chi connectivity index (χ1v) is 7.34. The quantitative estimate of drug-likeness (QED) is 0.562. The average Bonchev–Trinajstić information content (AvgIpc) is 2.37. The van der Waals surface area contributed by atoms with Crippen molar-refractivity contribution in [2.75, 3.05) is 13.7 Å². The van der Waals surface area contributed by atoms with Crippen molar-refractivity contribution in [3.63, 3.8) is 0 Å². The van der Waals surface area contributed by atoms with Gasteiger partial charge in [-0.15, -0.1) is 0 Å². The lowest BCUT2D eigenvalue weighted by molar-refractivity contribution is -0.387. The molecule has 112 valence electrons. The summed E-state index contributed by atoms with van der Waals surface area (Å²) < 4.78 is 31.2. The number of nitrogens with zero attached hydrogens (tertiary/aromatic N) is 1. The Morgan fingerprint density at radius 3 is 2.65 bits per heavy atom. The summed E-state index contributed by atoms with van der Waals surface area (Å²) in [5.41, 5.74) is 4.99. The molecule has 0 saturated heterocycles. The monoisotopic (exact) mass is 303 g/mol. The molecule has 0 saturated carbocycles. The fourth-order valence-electron chi connectivity index (χ4n) is 1.49. The van der Waals surface area contributed by atoms with Crippen LogP contribution in [-0.2, 0) is 10.0 Å². The molecule has 0 spiro atoms. The van der Waals surface area contributed by atoms with E-state index in [4.69, 9.17) is 10.5 Å². The maximum Gasteiger partial charge on any atom is 0.293 e. The van der Waals surface area contributed by atoms with E-state index in [9.17, 15) is 18.5 Å². The van der Waals surface area contributed by atoms with Gasteiger partial charge < -0.3 is 10.5 Å². The van der Waals surface area contributed by atoms with E-state index in [1.807, 2.05) is 0 Å². The van der Waals surface area contributed by atoms with Gasteiger partial charge in [0.2, 0.25) is 10.0 Å². The number of rotatable bonds is 7. The predicted octanol–water partition coefficient (Wildman–Crippen LogP) is 0.619. The topological polar surface area (TPSA) is 125 Å². The standard InChI is InChI=1S/C11H17N3O5S/c1-8(12)5-6-13-20(17,18)11-4-3-9(19-2)7-10(11)14(15)16/h3-4,7-8,13H,5-6,12H2,1-2H3. The lowest BCUT2D eigenvalue weighted by Crippen LogP contribution is -2.29. The Hall–Kier alpha value is -1.71. The third kappa shape index (κ3) is 4.15. The van der Waals surface area contributed by atoms with Gasteiger partial charge in [0.1, 0.15) is 5.75 Å². The van der Waals surface area contributed by atoms with Crippen molar-refractivity contribution in [3.8, 4) is 5.75 Å². The number of nitro benzene ring substituents is 1. The molecule has 1 aromatic rings. The Morgan fingerprint density at radius 1 is 1.50 bits per heavy atom. The third-order valence-electron chi connectivity index (χ3n) is 2.54. The molecular formula is C11H17N3O5S. The van der Waals surface area contributed by atoms with Gasteiger partial charge in [-0.05, 0) is 25.5 Å². The minimum atomic E-state index is -3.96. The van der Waals surface area contributed by atoms with Gasteiger partial charge in [-0.2, -0.15) is 0 Å². The zero-order chi connectivity index (χ0) is 15.3. The molecule has 0 aliphatic rings. The highest BCUT2D eigenvalue weighted by atomic mass is 32.2. The molecular weight excluding hydrogens is 286 g/mol. The van der Waals surface area contributed by atoms with Crippen LogP contribution in [-0.4, -0.2) is 33.0 Å². The number of hydrogen-bond acceptors (Lipinski definition) is 6. The summed E-state index contributed by atoms with van der Waals surface area (Å²) in [7, 11) is -2.62. The number of hydrogen-bond donors (Lipinski definition) is 2. The van der Waals surface area contributed by atoms with Gasteiger partial charge in [-0.25, -0.2) is 13.1 Å². The number of ether oxygens (including phenoxy) is 1. The molecule has 0 radical (unpaired) electrons. The van der Waals surface area contributed by atoms with E-state index in [0.717, 1.165) is 12.1 Å². The van der Waals surface area contributed by atoms with Crippen molar-refractivity contribution in [3.05, 3.63) is 28.3 Å². The summed E-state index contributed by atoms with van der Waals surface area (Å²) in [6, 6.07) is 3.40. The molecule has 1 aromatic carbocycles. The van der Waals surface area contributed by atoms with E-state index in [0.29, 0.717) is 6.42 Å². The summed E-state index contributed by atoms with van der Waals surface area (Å²) in [5.74, 6) is 0.214. The number of nitrogens with one attached hydrogen (secondary N) is 1. The van der Waals surface area contributed by atoms with Crippen LogP contribution >= 0.6 is 0 Å². The summed E-state index contributed by atoms with van der Waals surface area (Å²) in [6.07, 6.45) is 0.434. The first-order valence-electron chi connectivity index (χ1n) is 5.85. The van der Waals surface area contributed by atoms with Crippen LogP contribution in [0.1, 0.15) is 13.3 Å². The van der Waals surface area contributed by atoms with E-state index in [2.05, 4.69) is 4.72 Å². The number of methoxy groups -OCH3 is 1. The molecule has 0 fully saturated rings. The second-order valence-electron chi connectivity index (χ2n) is 4.25. The van der Waals surface area contributed by atoms with E-state index in [1.54, 1.807) is 6.92 Å². The maximum absolute atomic E-state index is 12.0. The highest BCUT2D eigenvalue weighted by Gasteiger charge is 2.26. The van der Waals surface area contributed by atoms with Crippen LogP contribution in [0.15, 0.2) is 23.1 Å². The number of sulfonamides is 1. The average molecular weight is 303 g/mol. The molecule has 0 bridgehead atoms. The van der Waals surface area contributed by atoms with Gasteiger partial charge in [0.15, 0.2) is 4.90 Å². The second kappa shape index (κ2) is 6.64. The summed E-state index contributed by atoms with van der Waals surface area (Å²) in [4.78, 5) is 9.80. The Labute approximate surface area is 117 Å². The van der Waals surface area contributed by atoms with Gasteiger partial charge >= 0.3 is 0 Å². The number of benzene rings is 1. The first-order chi connectivity index (χ1) is 9.27. The van der Waals surface area contributed by atoms with Crippen molar-refractivity contribution >= 4 is 15.7 Å². The number of nitro groups is 1. The first kappa shape index (κ1) is 16.3. The molecule has 3 N–H and O–H groups in total. The SMILES string of the molecule is COc1ccc(S(=O)(=O)NCCC(C)N)c([N+](=O)[O-])c1. The van der Waals surface area contributed by atoms with Crippen molar-refractivity contribution in [1.29, 1.82) is 0 Å². The van der Waals surface area contributed by atoms with Crippen LogP contribution in [0.4, 0.5) is 5.69 Å². The van der Waals surface area contributed by atoms with Crippen molar-refractivity contribution in [2.45, 2.75) is 24.3 Å². The van der Waals surface area contributed by atoms with Gasteiger partial charge in [0.05, 0.1) is 18.1 Å². The molecule has 0 amide bonds. The summed E-state index contributed by atoms with van der Waals surface area (Å²) in [6.45, 7) is 1.85. The van der Waals surface area contributed by atoms with Gasteiger partial charge in [-0.3, -0.25) is 10.1 Å². The summed E-state index contributed by atoms with van der Waals surface area (Å²) >= 11 is 0. The minimum Gasteiger partial charge on any atom is -0.497 e. The molecule has 9 heteroatoms. The molecule has 1 unspecified atom stereocenters. The molecule has 0 aromatic heterocycles. The Bertz CT molecular complexity index is 586. The Kier molecular flexibility index (Phi) is 5.43. The fraction of sp³-hybridized carbons (Fsp3) is 0.455. The van der Waals surface area contributed by atoms with Crippen LogP contribution in [0.25, 0.3) is 0 Å². The highest BCUT2D eigenvalue weighted by Crippen LogP contribution is 2.28. The maximum atomic E-state index is 12.0. The van der Waals surface area contributed by atoms with Crippen LogP contribution in [0, 0.1) is 10.1 Å². The largest absolute Gasteiger partial charge is 0.497 e. The van der Waals surface area contributed by atoms with Crippen LogP contribution in [0.2, 0.25) is 0 Å². The molecule has 20 heavy (non-hydrogen) atoms. The molecule has 1 rings (SSSR count). The van der Waals surface area contributed by atoms with Crippen molar-refractivity contribution in [1.82, 2.24) is 4.72 Å². The molecule has 0 heterocycles. The van der Waals surface area contributed by atoms with E-state index < -0.39 is 25.5 Å². The zero-order valence-electron chi connectivity index (χ0n) is 11.2. The van der Waals surface area contributed by atoms with Crippen LogP contribution < -0.4 is 15.2 Å². The van der Waals surface area contributed by atoms with E-state index in [1.165, 1.54) is 13.2 Å². The Balaban J connectivity index is 3.08. The van der Waals surface area contributed by atoms with Gasteiger partial charge in [-0.1, -0.05) is 0 Å². The van der Waals surface area contributed by atoms with Crippen molar-refractivity contribution in [2.24, 2.45) is 5.73 Å². The lowest BCUT2D eigenvalue weighted by Gasteiger charge is -2.09. The van der Waals surface area contributed by atoms with Crippen molar-refractivity contribution < 1.29 is 18.1 Å². The third-order valence-corrected chi connectivity index (χ3v) is 4.05. The van der Waals surface area contributed by atoms with Gasteiger partial charge in [0, 0.05) is 12.6 Å². The summed E-state index contributed by atoms with van der Waals surface area (Å²) in [5, 5.41) is 11.0. The van der Waals surface area contributed by atoms with Gasteiger partial charge in [0.25, 0.3) is 5.69 Å². The molecule has 0 aliphatic carbocycles. The highest BCUT2D eigenvalue weighted by molar-refractivity contribution is 7.89. The van der Waals surface area contributed by atoms with Crippen LogP contribution in [0.3, 0.4) is 0 Å². The normalized spacial score (nSPS) is 12.9. The smallest absolute Gasteiger partial charge is 0.293 e. The second-order valence-corrected chi connectivity index (χ2v) is 5.99. The zero-order valence-corrected chi connectivity index (χ0v) is 12.0. The Morgan fingerprint density at radius 2 is 2.15 bits per heavy atom. The number of nitrogens with two attached hydrogens (primary N) is 1. The van der Waals surface area contributed by atoms with Crippen LogP contribution in [0.5, 0.6) is 5.75 Å². The molecule has 1 atom stereocenters.